The average Bonchev–Trinajstić information content (AvgIpc) is 1.84. The van der Waals surface area contributed by atoms with Crippen molar-refractivity contribution in [2.75, 3.05) is 0 Å². The van der Waals surface area contributed by atoms with E-state index in [9.17, 15) is 9.59 Å². The molecule has 0 spiro atoms. The second-order valence-corrected chi connectivity index (χ2v) is 1.57. The van der Waals surface area contributed by atoms with Gasteiger partial charge in [0.2, 0.25) is 0 Å². The maximum atomic E-state index is 9.77. The summed E-state index contributed by atoms with van der Waals surface area (Å²) in [5, 5.41) is 32.5. The molecule has 0 saturated heterocycles. The van der Waals surface area contributed by atoms with E-state index in [0.29, 0.717) is 0 Å². The van der Waals surface area contributed by atoms with Crippen molar-refractivity contribution in [3.63, 3.8) is 0 Å². The fourth-order valence-electron chi connectivity index (χ4n) is 0.270. The van der Waals surface area contributed by atoms with Gasteiger partial charge in [0.25, 0.3) is 0 Å². The van der Waals surface area contributed by atoms with Crippen LogP contribution in [0.15, 0.2) is 0 Å². The van der Waals surface area contributed by atoms with Crippen LogP contribution < -0.4 is 0 Å². The molecule has 0 amide bonds. The molecule has 68 valence electrons. The van der Waals surface area contributed by atoms with E-state index in [0.717, 1.165) is 0 Å². The molecule has 9 heteroatoms. The molecule has 0 aromatic carbocycles. The SMILES string of the molecule is O.O=C(O)C(O)C(O)C(=O)O.[K].[Na]. The number of aliphatic hydroxyl groups excluding tert-OH is 2. The Morgan fingerprint density at radius 2 is 1.08 bits per heavy atom. The van der Waals surface area contributed by atoms with Gasteiger partial charge in [-0.25, -0.2) is 9.59 Å². The summed E-state index contributed by atoms with van der Waals surface area (Å²) in [4.78, 5) is 19.5. The van der Waals surface area contributed by atoms with Crippen molar-refractivity contribution in [1.29, 1.82) is 0 Å². The summed E-state index contributed by atoms with van der Waals surface area (Å²) in [5.74, 6) is -3.54. The zero-order valence-corrected chi connectivity index (χ0v) is 12.4. The zero-order valence-electron chi connectivity index (χ0n) is 7.26. The number of hydrogen-bond donors (Lipinski definition) is 4. The number of rotatable bonds is 3. The molecule has 0 aromatic rings. The Bertz CT molecular complexity index is 145. The largest absolute Gasteiger partial charge is 0.479 e. The molecule has 0 heterocycles. The average molecular weight is 230 g/mol. The Morgan fingerprint density at radius 1 is 0.923 bits per heavy atom. The number of carboxylic acid groups (broad SMARTS) is 2. The van der Waals surface area contributed by atoms with E-state index in [-0.39, 0.29) is 86.4 Å². The normalized spacial score (nSPS) is 12.2. The van der Waals surface area contributed by atoms with Gasteiger partial charge in [-0.3, -0.25) is 0 Å². The second-order valence-electron chi connectivity index (χ2n) is 1.57. The molecule has 2 atom stereocenters. The van der Waals surface area contributed by atoms with Crippen LogP contribution in [0.1, 0.15) is 0 Å². The smallest absolute Gasteiger partial charge is 0.335 e. The van der Waals surface area contributed by atoms with Gasteiger partial charge in [0.05, 0.1) is 0 Å². The Balaban J connectivity index is -0.000000135. The van der Waals surface area contributed by atoms with Crippen molar-refractivity contribution in [3.8, 4) is 0 Å². The van der Waals surface area contributed by atoms with Crippen molar-refractivity contribution in [2.24, 2.45) is 0 Å². The summed E-state index contributed by atoms with van der Waals surface area (Å²) in [6.07, 6.45) is -4.53. The monoisotopic (exact) mass is 230 g/mol. The molecule has 2 radical (unpaired) electrons. The van der Waals surface area contributed by atoms with E-state index in [4.69, 9.17) is 20.4 Å². The van der Waals surface area contributed by atoms with Crippen molar-refractivity contribution in [2.45, 2.75) is 12.2 Å². The van der Waals surface area contributed by atoms with Crippen LogP contribution in [0, 0.1) is 0 Å². The number of carbonyl (C=O) groups is 2. The van der Waals surface area contributed by atoms with Crippen LogP contribution in [0.3, 0.4) is 0 Å². The van der Waals surface area contributed by atoms with Gasteiger partial charge in [-0.05, 0) is 0 Å². The number of hydrogen-bond acceptors (Lipinski definition) is 4. The molecule has 0 aromatic heterocycles. The van der Waals surface area contributed by atoms with Crippen molar-refractivity contribution in [1.82, 2.24) is 0 Å². The number of aliphatic carboxylic acids is 2. The molecule has 13 heavy (non-hydrogen) atoms. The maximum Gasteiger partial charge on any atom is 0.335 e. The summed E-state index contributed by atoms with van der Waals surface area (Å²) >= 11 is 0. The minimum Gasteiger partial charge on any atom is -0.479 e. The Kier molecular flexibility index (Phi) is 21.2. The van der Waals surface area contributed by atoms with E-state index >= 15 is 0 Å². The fourth-order valence-corrected chi connectivity index (χ4v) is 0.270. The zero-order chi connectivity index (χ0) is 8.31. The molecular formula is C4H8KNaO7. The molecule has 2 unspecified atom stereocenters. The number of carboxylic acids is 2. The van der Waals surface area contributed by atoms with Gasteiger partial charge in [-0.1, -0.05) is 0 Å². The van der Waals surface area contributed by atoms with E-state index in [1.165, 1.54) is 0 Å². The molecule has 7 nitrogen and oxygen atoms in total. The van der Waals surface area contributed by atoms with Gasteiger partial charge in [-0.15, -0.1) is 0 Å². The third-order valence-electron chi connectivity index (χ3n) is 0.805. The maximum absolute atomic E-state index is 9.77. The van der Waals surface area contributed by atoms with E-state index in [1.54, 1.807) is 0 Å². The topological polar surface area (TPSA) is 147 Å². The van der Waals surface area contributed by atoms with Gasteiger partial charge in [0, 0.05) is 80.9 Å². The Hall–Kier alpha value is 1.46. The summed E-state index contributed by atoms with van der Waals surface area (Å²) < 4.78 is 0. The Morgan fingerprint density at radius 3 is 1.15 bits per heavy atom. The van der Waals surface area contributed by atoms with Gasteiger partial charge in [-0.2, -0.15) is 0 Å². The van der Waals surface area contributed by atoms with Crippen molar-refractivity contribution >= 4 is 92.9 Å². The molecular weight excluding hydrogens is 222 g/mol. The molecule has 0 saturated carbocycles. The standard InChI is InChI=1S/C4H6O6.K.Na.H2O/c5-1(3(7)8)2(6)4(9)10;;;/h1-2,5-6H,(H,7,8)(H,9,10);;;1H2. The number of aliphatic hydroxyl groups is 2. The Labute approximate surface area is 138 Å². The first kappa shape index (κ1) is 23.9. The van der Waals surface area contributed by atoms with Crippen LogP contribution in [-0.2, 0) is 9.59 Å². The molecule has 0 aliphatic rings. The predicted octanol–water partition coefficient (Wildman–Crippen LogP) is -3.71. The third kappa shape index (κ3) is 9.75. The first-order valence-electron chi connectivity index (χ1n) is 2.28. The summed E-state index contributed by atoms with van der Waals surface area (Å²) in [6, 6.07) is 0. The van der Waals surface area contributed by atoms with Crippen LogP contribution in [0.2, 0.25) is 0 Å². The van der Waals surface area contributed by atoms with Crippen molar-refractivity contribution in [3.05, 3.63) is 0 Å². The van der Waals surface area contributed by atoms with Crippen molar-refractivity contribution < 1.29 is 35.5 Å². The predicted molar refractivity (Wildman–Crippen MR) is 42.4 cm³/mol. The third-order valence-corrected chi connectivity index (χ3v) is 0.805. The molecule has 0 aliphatic carbocycles. The molecule has 0 aliphatic heterocycles. The summed E-state index contributed by atoms with van der Waals surface area (Å²) in [6.45, 7) is 0. The van der Waals surface area contributed by atoms with Gasteiger partial charge in [0.15, 0.2) is 12.2 Å². The molecule has 0 bridgehead atoms. The van der Waals surface area contributed by atoms with Crippen LogP contribution in [-0.4, -0.2) is 131 Å². The van der Waals surface area contributed by atoms with E-state index in [2.05, 4.69) is 0 Å². The van der Waals surface area contributed by atoms with Crippen LogP contribution >= 0.6 is 0 Å². The quantitative estimate of drug-likeness (QED) is 0.367. The molecule has 0 fully saturated rings. The van der Waals surface area contributed by atoms with Crippen LogP contribution in [0.25, 0.3) is 0 Å². The first-order chi connectivity index (χ1) is 4.46. The molecule has 0 rings (SSSR count). The van der Waals surface area contributed by atoms with Gasteiger partial charge in [0.1, 0.15) is 0 Å². The second kappa shape index (κ2) is 11.5. The van der Waals surface area contributed by atoms with Gasteiger partial charge >= 0.3 is 11.9 Å². The van der Waals surface area contributed by atoms with E-state index in [1.807, 2.05) is 0 Å². The van der Waals surface area contributed by atoms with E-state index < -0.39 is 24.1 Å². The summed E-state index contributed by atoms with van der Waals surface area (Å²) in [5.41, 5.74) is 0. The minimum atomic E-state index is -2.27. The fraction of sp³-hybridized carbons (Fsp3) is 0.500. The van der Waals surface area contributed by atoms with Crippen LogP contribution in [0.5, 0.6) is 0 Å². The minimum absolute atomic E-state index is 0. The van der Waals surface area contributed by atoms with Gasteiger partial charge < -0.3 is 25.9 Å². The molecule has 6 N–H and O–H groups in total. The van der Waals surface area contributed by atoms with Crippen LogP contribution in [0.4, 0.5) is 0 Å². The first-order valence-corrected chi connectivity index (χ1v) is 2.28. The summed E-state index contributed by atoms with van der Waals surface area (Å²) in [7, 11) is 0.